The molecule has 55 valence electrons. The molecule has 0 spiro atoms. The molecule has 0 saturated carbocycles. The molecule has 0 heterocycles. The summed E-state index contributed by atoms with van der Waals surface area (Å²) in [4.78, 5) is 0. The smallest absolute Gasteiger partial charge is 0.105 e. The van der Waals surface area contributed by atoms with Crippen molar-refractivity contribution in [2.45, 2.75) is 26.2 Å². The van der Waals surface area contributed by atoms with E-state index >= 15 is 0 Å². The average Bonchev–Trinajstić information content (AvgIpc) is 1.89. The van der Waals surface area contributed by atoms with Crippen molar-refractivity contribution in [2.75, 3.05) is 11.5 Å². The van der Waals surface area contributed by atoms with E-state index in [1.54, 1.807) is 0 Å². The van der Waals surface area contributed by atoms with Gasteiger partial charge in [0.1, 0.15) is 11.5 Å². The lowest BCUT2D eigenvalue weighted by Gasteiger charge is -2.06. The van der Waals surface area contributed by atoms with Crippen LogP contribution in [0.25, 0.3) is 0 Å². The minimum absolute atomic E-state index is 0.573. The molecule has 1 nitrogen and oxygen atoms in total. The molecule has 0 aliphatic rings. The molecule has 0 rings (SSSR count). The van der Waals surface area contributed by atoms with Gasteiger partial charge >= 0.3 is 0 Å². The Balaban J connectivity index is 2.88. The topological polar surface area (TPSA) is 23.1 Å². The van der Waals surface area contributed by atoms with Crippen LogP contribution in [0.2, 0.25) is 0 Å². The number of unbranched alkanes of at least 4 members (excludes halogenated alkanes) is 2. The standard InChI is InChI=1S/C7H15OS/c1-3-5-6-7-9(8)4-2/h2-7H2,1H3. The summed E-state index contributed by atoms with van der Waals surface area (Å²) in [5.74, 6) is 1.42. The zero-order valence-electron chi connectivity index (χ0n) is 6.06. The first kappa shape index (κ1) is 9.31. The summed E-state index contributed by atoms with van der Waals surface area (Å²) in [7, 11) is 0. The van der Waals surface area contributed by atoms with Crippen molar-refractivity contribution in [3.8, 4) is 0 Å². The second kappa shape index (κ2) is 6.43. The van der Waals surface area contributed by atoms with Crippen molar-refractivity contribution >= 4 is 11.2 Å². The van der Waals surface area contributed by atoms with Crippen molar-refractivity contribution in [1.29, 1.82) is 0 Å². The van der Waals surface area contributed by atoms with E-state index in [0.29, 0.717) is 5.75 Å². The van der Waals surface area contributed by atoms with Crippen LogP contribution in [0.4, 0.5) is 0 Å². The third-order valence-electron chi connectivity index (χ3n) is 1.20. The predicted molar refractivity (Wildman–Crippen MR) is 42.8 cm³/mol. The predicted octanol–water partition coefficient (Wildman–Crippen LogP) is 1.76. The molecule has 0 amide bonds. The van der Waals surface area contributed by atoms with Crippen molar-refractivity contribution in [3.63, 3.8) is 0 Å². The molecule has 0 fully saturated rings. The number of hydrogen-bond acceptors (Lipinski definition) is 1. The van der Waals surface area contributed by atoms with E-state index in [-0.39, 0.29) is 0 Å². The van der Waals surface area contributed by atoms with E-state index in [2.05, 4.69) is 13.8 Å². The zero-order valence-corrected chi connectivity index (χ0v) is 6.88. The second-order valence-electron chi connectivity index (χ2n) is 2.06. The fourth-order valence-corrected chi connectivity index (χ4v) is 1.35. The first-order valence-corrected chi connectivity index (χ1v) is 4.94. The second-order valence-corrected chi connectivity index (χ2v) is 3.75. The summed E-state index contributed by atoms with van der Waals surface area (Å²) < 4.78 is 10.7. The maximum atomic E-state index is 10.7. The molecular weight excluding hydrogens is 132 g/mol. The lowest BCUT2D eigenvalue weighted by Crippen LogP contribution is -2.08. The summed E-state index contributed by atoms with van der Waals surface area (Å²) in [6.07, 6.45) is 3.50. The van der Waals surface area contributed by atoms with Crippen molar-refractivity contribution in [1.82, 2.24) is 0 Å². The Morgan fingerprint density at radius 1 is 1.44 bits per heavy atom. The lowest BCUT2D eigenvalue weighted by atomic mass is 10.3. The molecule has 0 aliphatic heterocycles. The molecule has 0 bridgehead atoms. The van der Waals surface area contributed by atoms with Crippen LogP contribution in [0.15, 0.2) is 0 Å². The van der Waals surface area contributed by atoms with Crippen LogP contribution >= 0.6 is 0 Å². The molecule has 1 unspecified atom stereocenters. The summed E-state index contributed by atoms with van der Waals surface area (Å²) in [5, 5.41) is 0. The Labute approximate surface area is 61.0 Å². The first-order chi connectivity index (χ1) is 4.31. The van der Waals surface area contributed by atoms with E-state index in [1.807, 2.05) is 0 Å². The highest BCUT2D eigenvalue weighted by atomic mass is 32.2. The molecule has 0 aromatic heterocycles. The fraction of sp³-hybridized carbons (Fsp3) is 0.857. The average molecular weight is 147 g/mol. The van der Waals surface area contributed by atoms with Crippen LogP contribution in [-0.2, 0) is 11.2 Å². The molecule has 1 atom stereocenters. The Kier molecular flexibility index (Phi) is 6.65. The van der Waals surface area contributed by atoms with Gasteiger partial charge < -0.3 is 4.55 Å². The van der Waals surface area contributed by atoms with Gasteiger partial charge in [0.05, 0.1) is 0 Å². The molecule has 9 heavy (non-hydrogen) atoms. The minimum Gasteiger partial charge on any atom is -0.616 e. The summed E-state index contributed by atoms with van der Waals surface area (Å²) in [5.41, 5.74) is 0. The van der Waals surface area contributed by atoms with Crippen molar-refractivity contribution in [2.24, 2.45) is 0 Å². The molecule has 0 aromatic carbocycles. The SMILES string of the molecule is [CH2]C[S+]([O-])CCCCC. The molecular formula is C7H15OS. The summed E-state index contributed by atoms with van der Waals surface area (Å²) in [6, 6.07) is 0. The van der Waals surface area contributed by atoms with Crippen molar-refractivity contribution in [3.05, 3.63) is 6.92 Å². The Bertz CT molecular complexity index is 56.9. The van der Waals surface area contributed by atoms with Gasteiger partial charge in [-0.05, 0) is 19.8 Å². The van der Waals surface area contributed by atoms with Gasteiger partial charge in [-0.3, -0.25) is 0 Å². The van der Waals surface area contributed by atoms with E-state index < -0.39 is 11.2 Å². The van der Waals surface area contributed by atoms with Crippen LogP contribution in [0, 0.1) is 6.92 Å². The third-order valence-corrected chi connectivity index (χ3v) is 2.40. The van der Waals surface area contributed by atoms with E-state index in [1.165, 1.54) is 12.8 Å². The highest BCUT2D eigenvalue weighted by molar-refractivity contribution is 7.91. The fourth-order valence-electron chi connectivity index (χ4n) is 0.615. The minimum atomic E-state index is -0.640. The normalized spacial score (nSPS) is 13.7. The van der Waals surface area contributed by atoms with Crippen LogP contribution in [0.1, 0.15) is 26.2 Å². The first-order valence-electron chi connectivity index (χ1n) is 3.45. The maximum absolute atomic E-state index is 10.7. The Morgan fingerprint density at radius 2 is 2.11 bits per heavy atom. The molecule has 2 heteroatoms. The summed E-state index contributed by atoms with van der Waals surface area (Å²) >= 11 is -0.640. The van der Waals surface area contributed by atoms with Crippen molar-refractivity contribution < 1.29 is 4.55 Å². The number of rotatable bonds is 5. The third kappa shape index (κ3) is 6.19. The van der Waals surface area contributed by atoms with Crippen LogP contribution in [0.5, 0.6) is 0 Å². The molecule has 0 aromatic rings. The highest BCUT2D eigenvalue weighted by Gasteiger charge is 1.99. The summed E-state index contributed by atoms with van der Waals surface area (Å²) in [6.45, 7) is 5.71. The molecule has 0 saturated heterocycles. The molecule has 0 N–H and O–H groups in total. The Hall–Kier alpha value is 0.310. The highest BCUT2D eigenvalue weighted by Crippen LogP contribution is 1.98. The largest absolute Gasteiger partial charge is 0.616 e. The quantitative estimate of drug-likeness (QED) is 0.429. The van der Waals surface area contributed by atoms with Gasteiger partial charge in [0.2, 0.25) is 0 Å². The van der Waals surface area contributed by atoms with E-state index in [0.717, 1.165) is 12.2 Å². The maximum Gasteiger partial charge on any atom is 0.105 e. The van der Waals surface area contributed by atoms with E-state index in [9.17, 15) is 4.55 Å². The van der Waals surface area contributed by atoms with Gasteiger partial charge in [0.15, 0.2) is 0 Å². The van der Waals surface area contributed by atoms with Gasteiger partial charge in [0, 0.05) is 0 Å². The van der Waals surface area contributed by atoms with E-state index in [4.69, 9.17) is 0 Å². The molecule has 1 radical (unpaired) electrons. The van der Waals surface area contributed by atoms with Gasteiger partial charge in [-0.15, -0.1) is 0 Å². The van der Waals surface area contributed by atoms with Gasteiger partial charge in [0.25, 0.3) is 0 Å². The van der Waals surface area contributed by atoms with Gasteiger partial charge in [-0.25, -0.2) is 0 Å². The van der Waals surface area contributed by atoms with Crippen LogP contribution in [0.3, 0.4) is 0 Å². The monoisotopic (exact) mass is 147 g/mol. The Morgan fingerprint density at radius 3 is 2.56 bits per heavy atom. The lowest BCUT2D eigenvalue weighted by molar-refractivity contribution is 0.592. The van der Waals surface area contributed by atoms with Gasteiger partial charge in [-0.2, -0.15) is 0 Å². The molecule has 0 aliphatic carbocycles. The van der Waals surface area contributed by atoms with Crippen LogP contribution in [-0.4, -0.2) is 16.1 Å². The van der Waals surface area contributed by atoms with Gasteiger partial charge in [-0.1, -0.05) is 24.5 Å². The number of hydrogen-bond donors (Lipinski definition) is 0. The zero-order chi connectivity index (χ0) is 7.11. The van der Waals surface area contributed by atoms with Crippen LogP contribution < -0.4 is 0 Å².